The molecule has 0 bridgehead atoms. The van der Waals surface area contributed by atoms with Gasteiger partial charge in [0.25, 0.3) is 0 Å². The van der Waals surface area contributed by atoms with Crippen LogP contribution in [-0.4, -0.2) is 12.4 Å². The van der Waals surface area contributed by atoms with Gasteiger partial charge >= 0.3 is 0 Å². The Morgan fingerprint density at radius 1 is 1.11 bits per heavy atom. The Morgan fingerprint density at radius 2 is 1.74 bits per heavy atom. The number of methoxy groups -OCH3 is 1. The van der Waals surface area contributed by atoms with Crippen LogP contribution in [0.15, 0.2) is 46.4 Å². The van der Waals surface area contributed by atoms with Crippen molar-refractivity contribution in [2.24, 2.45) is 0 Å². The summed E-state index contributed by atoms with van der Waals surface area (Å²) in [6.07, 6.45) is 0. The van der Waals surface area contributed by atoms with E-state index in [4.69, 9.17) is 4.74 Å². The molecule has 1 aliphatic carbocycles. The normalized spacial score (nSPS) is 15.2. The number of thioether (sulfide) groups is 1. The molecule has 0 atom stereocenters. The SMILES string of the molecule is COc1cc(SC2C(C)=C2C)c([NH3+])c2ccccc12. The number of benzene rings is 2. The van der Waals surface area contributed by atoms with Crippen LogP contribution in [0.4, 0.5) is 5.69 Å². The van der Waals surface area contributed by atoms with Gasteiger partial charge in [-0.15, -0.1) is 11.8 Å². The predicted octanol–water partition coefficient (Wildman–Crippen LogP) is 3.53. The third-order valence-corrected chi connectivity index (χ3v) is 5.43. The second-order valence-electron chi connectivity index (χ2n) is 4.97. The first-order chi connectivity index (χ1) is 9.13. The quantitative estimate of drug-likeness (QED) is 0.868. The van der Waals surface area contributed by atoms with E-state index >= 15 is 0 Å². The lowest BCUT2D eigenvalue weighted by molar-refractivity contribution is -0.256. The zero-order valence-corrected chi connectivity index (χ0v) is 12.3. The van der Waals surface area contributed by atoms with Crippen LogP contribution in [-0.2, 0) is 0 Å². The highest BCUT2D eigenvalue weighted by Gasteiger charge is 2.31. The van der Waals surface area contributed by atoms with Crippen LogP contribution in [0.5, 0.6) is 5.75 Å². The van der Waals surface area contributed by atoms with E-state index in [0.717, 1.165) is 16.8 Å². The monoisotopic (exact) mass is 272 g/mol. The molecular formula is C16H18NOS+. The molecule has 19 heavy (non-hydrogen) atoms. The van der Waals surface area contributed by atoms with E-state index < -0.39 is 0 Å². The van der Waals surface area contributed by atoms with Crippen LogP contribution in [0.3, 0.4) is 0 Å². The molecule has 0 saturated heterocycles. The zero-order chi connectivity index (χ0) is 13.6. The van der Waals surface area contributed by atoms with Crippen LogP contribution >= 0.6 is 11.8 Å². The van der Waals surface area contributed by atoms with E-state index in [1.54, 1.807) is 7.11 Å². The van der Waals surface area contributed by atoms with Crippen LogP contribution < -0.4 is 10.5 Å². The number of quaternary nitrogens is 1. The molecule has 98 valence electrons. The highest BCUT2D eigenvalue weighted by molar-refractivity contribution is 8.00. The molecule has 0 aromatic heterocycles. The van der Waals surface area contributed by atoms with Crippen molar-refractivity contribution in [3.63, 3.8) is 0 Å². The van der Waals surface area contributed by atoms with E-state index in [9.17, 15) is 0 Å². The van der Waals surface area contributed by atoms with Crippen LogP contribution in [0.1, 0.15) is 13.8 Å². The molecule has 2 aromatic carbocycles. The molecule has 0 aliphatic heterocycles. The summed E-state index contributed by atoms with van der Waals surface area (Å²) >= 11 is 1.88. The predicted molar refractivity (Wildman–Crippen MR) is 81.1 cm³/mol. The van der Waals surface area contributed by atoms with Gasteiger partial charge in [0.1, 0.15) is 11.4 Å². The van der Waals surface area contributed by atoms with Crippen LogP contribution in [0.25, 0.3) is 10.8 Å². The summed E-state index contributed by atoms with van der Waals surface area (Å²) in [6, 6.07) is 10.4. The summed E-state index contributed by atoms with van der Waals surface area (Å²) in [5.74, 6) is 0.932. The van der Waals surface area contributed by atoms with E-state index in [-0.39, 0.29) is 0 Å². The zero-order valence-electron chi connectivity index (χ0n) is 11.5. The molecule has 0 saturated carbocycles. The van der Waals surface area contributed by atoms with E-state index in [1.807, 2.05) is 17.8 Å². The standard InChI is InChI=1S/C16H17NOS/c1-9-10(2)16(9)19-14-8-13(18-3)11-6-4-5-7-12(11)15(14)17/h4-8,16H,17H2,1-3H3/p+1. The van der Waals surface area contributed by atoms with Gasteiger partial charge < -0.3 is 10.5 Å². The first-order valence-electron chi connectivity index (χ1n) is 6.39. The van der Waals surface area contributed by atoms with Crippen molar-refractivity contribution in [1.82, 2.24) is 0 Å². The van der Waals surface area contributed by atoms with Gasteiger partial charge in [0.05, 0.1) is 17.3 Å². The van der Waals surface area contributed by atoms with Gasteiger partial charge in [0.2, 0.25) is 0 Å². The number of rotatable bonds is 3. The summed E-state index contributed by atoms with van der Waals surface area (Å²) in [7, 11) is 1.73. The molecule has 3 heteroatoms. The Bertz CT molecular complexity index is 678. The fraction of sp³-hybridized carbons (Fsp3) is 0.250. The minimum absolute atomic E-state index is 0.561. The van der Waals surface area contributed by atoms with Gasteiger partial charge in [-0.2, -0.15) is 0 Å². The Kier molecular flexibility index (Phi) is 3.03. The minimum Gasteiger partial charge on any atom is -0.496 e. The van der Waals surface area contributed by atoms with Gasteiger partial charge in [-0.1, -0.05) is 29.3 Å². The molecule has 1 aliphatic rings. The second kappa shape index (κ2) is 4.58. The van der Waals surface area contributed by atoms with E-state index in [2.05, 4.69) is 43.8 Å². The topological polar surface area (TPSA) is 36.9 Å². The second-order valence-corrected chi connectivity index (χ2v) is 6.11. The maximum absolute atomic E-state index is 5.52. The average molecular weight is 272 g/mol. The third kappa shape index (κ3) is 2.03. The lowest BCUT2D eigenvalue weighted by Crippen LogP contribution is -2.41. The van der Waals surface area contributed by atoms with E-state index in [0.29, 0.717) is 5.25 Å². The first-order valence-corrected chi connectivity index (χ1v) is 7.27. The molecule has 0 amide bonds. The average Bonchev–Trinajstić information content (AvgIpc) is 3.00. The maximum Gasteiger partial charge on any atom is 0.149 e. The first kappa shape index (κ1) is 12.6. The molecule has 0 fully saturated rings. The molecular weight excluding hydrogens is 254 g/mol. The van der Waals surface area contributed by atoms with Crippen molar-refractivity contribution in [3.05, 3.63) is 41.5 Å². The van der Waals surface area contributed by atoms with Gasteiger partial charge in [0.15, 0.2) is 0 Å². The number of hydrogen-bond acceptors (Lipinski definition) is 2. The molecule has 2 aromatic rings. The minimum atomic E-state index is 0.561. The largest absolute Gasteiger partial charge is 0.496 e. The molecule has 0 unspecified atom stereocenters. The summed E-state index contributed by atoms with van der Waals surface area (Å²) in [5, 5.41) is 2.88. The summed E-state index contributed by atoms with van der Waals surface area (Å²) < 4.78 is 5.52. The molecule has 3 N–H and O–H groups in total. The highest BCUT2D eigenvalue weighted by Crippen LogP contribution is 2.48. The molecule has 2 nitrogen and oxygen atoms in total. The highest BCUT2D eigenvalue weighted by atomic mass is 32.2. The third-order valence-electron chi connectivity index (χ3n) is 3.87. The van der Waals surface area contributed by atoms with Crippen molar-refractivity contribution in [1.29, 1.82) is 0 Å². The lowest BCUT2D eigenvalue weighted by Gasteiger charge is -2.10. The summed E-state index contributed by atoms with van der Waals surface area (Å²) in [5.41, 5.74) is 8.36. The van der Waals surface area contributed by atoms with Gasteiger partial charge in [-0.3, -0.25) is 0 Å². The molecule has 3 rings (SSSR count). The summed E-state index contributed by atoms with van der Waals surface area (Å²) in [4.78, 5) is 1.22. The maximum atomic E-state index is 5.52. The Hall–Kier alpha value is -1.45. The smallest absolute Gasteiger partial charge is 0.149 e. The van der Waals surface area contributed by atoms with E-state index in [1.165, 1.54) is 21.4 Å². The fourth-order valence-electron chi connectivity index (χ4n) is 2.40. The van der Waals surface area contributed by atoms with Crippen molar-refractivity contribution in [3.8, 4) is 5.75 Å². The fourth-order valence-corrected chi connectivity index (χ4v) is 3.73. The summed E-state index contributed by atoms with van der Waals surface area (Å²) in [6.45, 7) is 4.40. The van der Waals surface area contributed by atoms with Crippen molar-refractivity contribution in [2.45, 2.75) is 24.0 Å². The number of hydrogen-bond donors (Lipinski definition) is 1. The Balaban J connectivity index is 2.07. The number of fused-ring (bicyclic) bond motifs is 1. The molecule has 0 heterocycles. The number of ether oxygens (including phenoxy) is 1. The van der Waals surface area contributed by atoms with Gasteiger partial charge in [0, 0.05) is 16.8 Å². The molecule has 0 radical (unpaired) electrons. The van der Waals surface area contributed by atoms with Crippen LogP contribution in [0.2, 0.25) is 0 Å². The van der Waals surface area contributed by atoms with Gasteiger partial charge in [-0.25, -0.2) is 0 Å². The Labute approximate surface area is 117 Å². The van der Waals surface area contributed by atoms with Gasteiger partial charge in [-0.05, 0) is 19.9 Å². The van der Waals surface area contributed by atoms with Crippen molar-refractivity contribution in [2.75, 3.05) is 7.11 Å². The lowest BCUT2D eigenvalue weighted by atomic mass is 10.1. The van der Waals surface area contributed by atoms with Crippen molar-refractivity contribution < 1.29 is 10.5 Å². The van der Waals surface area contributed by atoms with Crippen LogP contribution in [0, 0.1) is 0 Å². The molecule has 0 spiro atoms. The Morgan fingerprint density at radius 3 is 2.32 bits per heavy atom. The van der Waals surface area contributed by atoms with Crippen molar-refractivity contribution >= 4 is 28.2 Å².